The second-order valence-corrected chi connectivity index (χ2v) is 3.88. The van der Waals surface area contributed by atoms with Crippen LogP contribution in [-0.4, -0.2) is 19.2 Å². The van der Waals surface area contributed by atoms with Crippen LogP contribution in [0.4, 0.5) is 0 Å². The Morgan fingerprint density at radius 1 is 1.14 bits per heavy atom. The van der Waals surface area contributed by atoms with Crippen LogP contribution in [0.15, 0.2) is 30.3 Å². The maximum atomic E-state index is 5.86. The first-order chi connectivity index (χ1) is 6.84. The molecule has 0 unspecified atom stereocenters. The minimum Gasteiger partial charge on any atom is -0.490 e. The first-order valence-electron chi connectivity index (χ1n) is 5.23. The zero-order chi connectivity index (χ0) is 9.80. The van der Waals surface area contributed by atoms with Gasteiger partial charge in [0.25, 0.3) is 0 Å². The van der Waals surface area contributed by atoms with E-state index in [-0.39, 0.29) is 0 Å². The number of benzene rings is 1. The first-order valence-corrected chi connectivity index (χ1v) is 5.23. The molecule has 1 heterocycles. The lowest BCUT2D eigenvalue weighted by molar-refractivity contribution is -0.860. The van der Waals surface area contributed by atoms with Crippen molar-refractivity contribution < 1.29 is 9.64 Å². The van der Waals surface area contributed by atoms with Crippen molar-refractivity contribution >= 4 is 0 Å². The van der Waals surface area contributed by atoms with E-state index in [9.17, 15) is 0 Å². The number of ether oxygens (including phenoxy) is 1. The molecule has 0 aromatic heterocycles. The molecule has 2 nitrogen and oxygen atoms in total. The van der Waals surface area contributed by atoms with Crippen molar-refractivity contribution in [3.05, 3.63) is 37.4 Å². The lowest BCUT2D eigenvalue weighted by Gasteiger charge is -2.31. The number of rotatable bonds is 2. The maximum absolute atomic E-state index is 5.86. The molecule has 2 rings (SSSR count). The molecular formula is C12H17NO. The van der Waals surface area contributed by atoms with Crippen LogP contribution in [0.1, 0.15) is 12.8 Å². The molecule has 1 aliphatic heterocycles. The quantitative estimate of drug-likeness (QED) is 0.686. The van der Waals surface area contributed by atoms with Gasteiger partial charge in [0.05, 0.1) is 13.1 Å². The van der Waals surface area contributed by atoms with E-state index in [1.807, 2.05) is 30.3 Å². The van der Waals surface area contributed by atoms with Crippen LogP contribution in [0, 0.1) is 7.05 Å². The Hall–Kier alpha value is -1.02. The van der Waals surface area contributed by atoms with Gasteiger partial charge in [0.1, 0.15) is 11.9 Å². The van der Waals surface area contributed by atoms with Gasteiger partial charge in [-0.15, -0.1) is 0 Å². The normalized spacial score (nSPS) is 27.2. The number of piperidine rings is 1. The third-order valence-corrected chi connectivity index (χ3v) is 2.69. The summed E-state index contributed by atoms with van der Waals surface area (Å²) in [5.74, 6) is 0.991. The Morgan fingerprint density at radius 3 is 2.43 bits per heavy atom. The van der Waals surface area contributed by atoms with E-state index >= 15 is 0 Å². The van der Waals surface area contributed by atoms with E-state index in [1.54, 1.807) is 0 Å². The molecule has 0 saturated carbocycles. The van der Waals surface area contributed by atoms with Gasteiger partial charge in [0, 0.05) is 12.8 Å². The Labute approximate surface area is 85.5 Å². The SMILES string of the molecule is [CH2-][NH+]1CCC(Oc2ccccc2)CC1. The predicted molar refractivity (Wildman–Crippen MR) is 56.1 cm³/mol. The summed E-state index contributed by atoms with van der Waals surface area (Å²) in [4.78, 5) is 1.37. The van der Waals surface area contributed by atoms with Gasteiger partial charge in [-0.1, -0.05) is 18.2 Å². The summed E-state index contributed by atoms with van der Waals surface area (Å²) in [5, 5.41) is 0. The zero-order valence-corrected chi connectivity index (χ0v) is 8.41. The van der Waals surface area contributed by atoms with E-state index in [0.717, 1.165) is 31.7 Å². The standard InChI is InChI=1S/C12H17NO/c1-13-9-7-12(8-10-13)14-11-5-3-2-4-6-11/h2-6,12-13H,1,7-10H2. The van der Waals surface area contributed by atoms with Crippen LogP contribution in [0.2, 0.25) is 0 Å². The van der Waals surface area contributed by atoms with E-state index in [2.05, 4.69) is 7.05 Å². The maximum Gasteiger partial charge on any atom is 0.119 e. The largest absolute Gasteiger partial charge is 0.490 e. The summed E-state index contributed by atoms with van der Waals surface area (Å²) in [6.45, 7) is 2.25. The van der Waals surface area contributed by atoms with Gasteiger partial charge >= 0.3 is 0 Å². The van der Waals surface area contributed by atoms with Crippen molar-refractivity contribution in [2.75, 3.05) is 13.1 Å². The second kappa shape index (κ2) is 4.47. The summed E-state index contributed by atoms with van der Waals surface area (Å²) >= 11 is 0. The first kappa shape index (κ1) is 9.53. The van der Waals surface area contributed by atoms with Crippen LogP contribution in [-0.2, 0) is 0 Å². The van der Waals surface area contributed by atoms with E-state index in [1.165, 1.54) is 4.90 Å². The summed E-state index contributed by atoms with van der Waals surface area (Å²) in [5.41, 5.74) is 0. The molecule has 1 saturated heterocycles. The monoisotopic (exact) mass is 191 g/mol. The predicted octanol–water partition coefficient (Wildman–Crippen LogP) is 0.904. The smallest absolute Gasteiger partial charge is 0.119 e. The average Bonchev–Trinajstić information content (AvgIpc) is 2.23. The molecule has 0 aliphatic carbocycles. The highest BCUT2D eigenvalue weighted by Crippen LogP contribution is 2.14. The van der Waals surface area contributed by atoms with E-state index in [0.29, 0.717) is 6.10 Å². The number of hydrogen-bond donors (Lipinski definition) is 1. The molecule has 1 fully saturated rings. The molecular weight excluding hydrogens is 174 g/mol. The number of para-hydroxylation sites is 1. The molecule has 1 aromatic carbocycles. The highest BCUT2D eigenvalue weighted by molar-refractivity contribution is 5.21. The fraction of sp³-hybridized carbons (Fsp3) is 0.417. The number of quaternary nitrogens is 1. The molecule has 0 atom stereocenters. The highest BCUT2D eigenvalue weighted by atomic mass is 16.5. The molecule has 2 heteroatoms. The van der Waals surface area contributed by atoms with Gasteiger partial charge in [-0.3, -0.25) is 0 Å². The van der Waals surface area contributed by atoms with Crippen molar-refractivity contribution in [2.45, 2.75) is 18.9 Å². The summed E-state index contributed by atoms with van der Waals surface area (Å²) < 4.78 is 5.86. The fourth-order valence-corrected chi connectivity index (χ4v) is 1.81. The van der Waals surface area contributed by atoms with E-state index in [4.69, 9.17) is 4.74 Å². The third kappa shape index (κ3) is 2.48. The van der Waals surface area contributed by atoms with Crippen molar-refractivity contribution in [1.82, 2.24) is 0 Å². The summed E-state index contributed by atoms with van der Waals surface area (Å²) in [6.07, 6.45) is 2.63. The van der Waals surface area contributed by atoms with Crippen LogP contribution >= 0.6 is 0 Å². The molecule has 1 aromatic rings. The van der Waals surface area contributed by atoms with Crippen molar-refractivity contribution in [2.24, 2.45) is 0 Å². The summed E-state index contributed by atoms with van der Waals surface area (Å²) in [7, 11) is 4.00. The molecule has 0 bridgehead atoms. The number of likely N-dealkylation sites (tertiary alicyclic amines) is 1. The van der Waals surface area contributed by atoms with Gasteiger partial charge in [-0.25, -0.2) is 0 Å². The topological polar surface area (TPSA) is 13.7 Å². The third-order valence-electron chi connectivity index (χ3n) is 2.69. The average molecular weight is 191 g/mol. The molecule has 14 heavy (non-hydrogen) atoms. The Bertz CT molecular complexity index is 265. The molecule has 0 amide bonds. The highest BCUT2D eigenvalue weighted by Gasteiger charge is 2.18. The van der Waals surface area contributed by atoms with Crippen LogP contribution in [0.5, 0.6) is 5.75 Å². The minimum atomic E-state index is 0.392. The Balaban J connectivity index is 1.87. The molecule has 76 valence electrons. The molecule has 0 radical (unpaired) electrons. The van der Waals surface area contributed by atoms with Crippen LogP contribution in [0.25, 0.3) is 0 Å². The molecule has 1 N–H and O–H groups in total. The van der Waals surface area contributed by atoms with Gasteiger partial charge in [0.2, 0.25) is 0 Å². The number of hydrogen-bond acceptors (Lipinski definition) is 1. The Kier molecular flexibility index (Phi) is 3.04. The number of nitrogens with one attached hydrogen (secondary N) is 1. The Morgan fingerprint density at radius 2 is 1.79 bits per heavy atom. The fourth-order valence-electron chi connectivity index (χ4n) is 1.81. The van der Waals surface area contributed by atoms with E-state index < -0.39 is 0 Å². The van der Waals surface area contributed by atoms with Gasteiger partial charge in [-0.05, 0) is 12.1 Å². The van der Waals surface area contributed by atoms with Crippen molar-refractivity contribution in [3.8, 4) is 5.75 Å². The molecule has 0 spiro atoms. The van der Waals surface area contributed by atoms with Gasteiger partial charge in [-0.2, -0.15) is 7.05 Å². The summed E-state index contributed by atoms with van der Waals surface area (Å²) in [6, 6.07) is 10.1. The lowest BCUT2D eigenvalue weighted by Crippen LogP contribution is -3.08. The minimum absolute atomic E-state index is 0.392. The van der Waals surface area contributed by atoms with Crippen LogP contribution in [0.3, 0.4) is 0 Å². The van der Waals surface area contributed by atoms with Gasteiger partial charge < -0.3 is 9.64 Å². The van der Waals surface area contributed by atoms with Crippen molar-refractivity contribution in [3.63, 3.8) is 0 Å². The second-order valence-electron chi connectivity index (χ2n) is 3.88. The lowest BCUT2D eigenvalue weighted by atomic mass is 10.1. The zero-order valence-electron chi connectivity index (χ0n) is 8.41. The molecule has 1 aliphatic rings. The van der Waals surface area contributed by atoms with Crippen LogP contribution < -0.4 is 9.64 Å². The van der Waals surface area contributed by atoms with Gasteiger partial charge in [0.15, 0.2) is 0 Å². The van der Waals surface area contributed by atoms with Crippen molar-refractivity contribution in [1.29, 1.82) is 0 Å².